The molecule has 0 radical (unpaired) electrons. The third-order valence-corrected chi connectivity index (χ3v) is 2.15. The van der Waals surface area contributed by atoms with Crippen molar-refractivity contribution in [3.8, 4) is 18.4 Å². The Morgan fingerprint density at radius 2 is 2.25 bits per heavy atom. The van der Waals surface area contributed by atoms with Gasteiger partial charge < -0.3 is 0 Å². The summed E-state index contributed by atoms with van der Waals surface area (Å²) in [5, 5.41) is 8.68. The van der Waals surface area contributed by atoms with Crippen molar-refractivity contribution in [1.82, 2.24) is 0 Å². The molecule has 0 spiro atoms. The van der Waals surface area contributed by atoms with Gasteiger partial charge in [-0.15, -0.1) is 12.3 Å². The van der Waals surface area contributed by atoms with Gasteiger partial charge in [-0.2, -0.15) is 5.26 Å². The minimum absolute atomic E-state index is 0.571. The second kappa shape index (κ2) is 3.95. The van der Waals surface area contributed by atoms with E-state index in [1.807, 2.05) is 12.1 Å². The van der Waals surface area contributed by atoms with E-state index in [9.17, 15) is 0 Å². The molecule has 12 heavy (non-hydrogen) atoms. The van der Waals surface area contributed by atoms with Crippen LogP contribution in [0.15, 0.2) is 22.7 Å². The van der Waals surface area contributed by atoms with E-state index in [0.29, 0.717) is 12.0 Å². The smallest absolute Gasteiger partial charge is 0.100 e. The van der Waals surface area contributed by atoms with Crippen molar-refractivity contribution in [2.24, 2.45) is 0 Å². The normalized spacial score (nSPS) is 8.58. The van der Waals surface area contributed by atoms with Gasteiger partial charge in [-0.05, 0) is 33.6 Å². The zero-order chi connectivity index (χ0) is 8.97. The van der Waals surface area contributed by atoms with Crippen LogP contribution >= 0.6 is 15.9 Å². The summed E-state index contributed by atoms with van der Waals surface area (Å²) < 4.78 is 0.811. The van der Waals surface area contributed by atoms with Crippen LogP contribution in [0.1, 0.15) is 11.1 Å². The highest BCUT2D eigenvalue weighted by atomic mass is 79.9. The van der Waals surface area contributed by atoms with Crippen LogP contribution in [-0.4, -0.2) is 0 Å². The Balaban J connectivity index is 3.09. The number of benzene rings is 1. The number of halogens is 1. The van der Waals surface area contributed by atoms with Crippen LogP contribution in [0.5, 0.6) is 0 Å². The Hall–Kier alpha value is -1.25. The number of rotatable bonds is 1. The zero-order valence-electron chi connectivity index (χ0n) is 6.34. The first-order valence-electron chi connectivity index (χ1n) is 3.40. The van der Waals surface area contributed by atoms with Crippen molar-refractivity contribution in [1.29, 1.82) is 5.26 Å². The topological polar surface area (TPSA) is 23.8 Å². The van der Waals surface area contributed by atoms with Gasteiger partial charge in [0.25, 0.3) is 0 Å². The summed E-state index contributed by atoms with van der Waals surface area (Å²) >= 11 is 3.27. The van der Waals surface area contributed by atoms with Crippen LogP contribution in [0.3, 0.4) is 0 Å². The summed E-state index contributed by atoms with van der Waals surface area (Å²) in [5.74, 6) is 2.53. The van der Waals surface area contributed by atoms with Crippen LogP contribution in [0.25, 0.3) is 0 Å². The summed E-state index contributed by atoms with van der Waals surface area (Å²) in [5.41, 5.74) is 1.63. The molecular weight excluding hydrogens is 214 g/mol. The number of hydrogen-bond donors (Lipinski definition) is 0. The Bertz CT molecular complexity index is 368. The number of nitriles is 1. The molecule has 0 unspecified atom stereocenters. The van der Waals surface area contributed by atoms with Crippen LogP contribution in [0, 0.1) is 23.7 Å². The van der Waals surface area contributed by atoms with E-state index in [-0.39, 0.29) is 0 Å². The summed E-state index contributed by atoms with van der Waals surface area (Å²) in [6.07, 6.45) is 5.72. The first-order valence-corrected chi connectivity index (χ1v) is 4.19. The molecule has 0 saturated carbocycles. The maximum Gasteiger partial charge on any atom is 0.100 e. The number of terminal acetylenes is 1. The van der Waals surface area contributed by atoms with Gasteiger partial charge in [-0.1, -0.05) is 6.07 Å². The van der Waals surface area contributed by atoms with Gasteiger partial charge in [0.15, 0.2) is 0 Å². The lowest BCUT2D eigenvalue weighted by molar-refractivity contribution is 1.30. The van der Waals surface area contributed by atoms with Crippen molar-refractivity contribution in [2.75, 3.05) is 0 Å². The lowest BCUT2D eigenvalue weighted by atomic mass is 10.1. The molecule has 0 heterocycles. The fourth-order valence-electron chi connectivity index (χ4n) is 0.886. The largest absolute Gasteiger partial charge is 0.192 e. The Kier molecular flexibility index (Phi) is 2.91. The highest BCUT2D eigenvalue weighted by Gasteiger charge is 1.98. The van der Waals surface area contributed by atoms with Gasteiger partial charge in [0.05, 0.1) is 5.56 Å². The summed E-state index contributed by atoms with van der Waals surface area (Å²) in [4.78, 5) is 0. The molecule has 0 atom stereocenters. The minimum Gasteiger partial charge on any atom is -0.192 e. The lowest BCUT2D eigenvalue weighted by Crippen LogP contribution is -1.84. The molecule has 0 aromatic heterocycles. The van der Waals surface area contributed by atoms with Gasteiger partial charge in [-0.3, -0.25) is 0 Å². The van der Waals surface area contributed by atoms with Crippen molar-refractivity contribution in [3.63, 3.8) is 0 Å². The molecule has 0 aliphatic carbocycles. The SMILES string of the molecule is C#CCc1ccc(Br)c(C#N)c1. The van der Waals surface area contributed by atoms with Crippen LogP contribution < -0.4 is 0 Å². The highest BCUT2D eigenvalue weighted by molar-refractivity contribution is 9.10. The second-order valence-corrected chi connectivity index (χ2v) is 3.16. The van der Waals surface area contributed by atoms with Gasteiger partial charge in [0, 0.05) is 10.9 Å². The van der Waals surface area contributed by atoms with E-state index in [1.165, 1.54) is 0 Å². The molecule has 1 aromatic rings. The molecule has 0 N–H and O–H groups in total. The Labute approximate surface area is 80.2 Å². The van der Waals surface area contributed by atoms with E-state index in [4.69, 9.17) is 11.7 Å². The van der Waals surface area contributed by atoms with Crippen LogP contribution in [-0.2, 0) is 6.42 Å². The van der Waals surface area contributed by atoms with Crippen molar-refractivity contribution < 1.29 is 0 Å². The lowest BCUT2D eigenvalue weighted by Gasteiger charge is -1.97. The quantitative estimate of drug-likeness (QED) is 0.667. The molecular formula is C10H6BrN. The monoisotopic (exact) mass is 219 g/mol. The van der Waals surface area contributed by atoms with E-state index >= 15 is 0 Å². The fourth-order valence-corrected chi connectivity index (χ4v) is 1.22. The molecule has 0 aliphatic heterocycles. The summed E-state index contributed by atoms with van der Waals surface area (Å²) in [6, 6.07) is 7.62. The zero-order valence-corrected chi connectivity index (χ0v) is 7.93. The highest BCUT2D eigenvalue weighted by Crippen LogP contribution is 2.17. The first-order chi connectivity index (χ1) is 5.77. The molecule has 1 nitrogen and oxygen atoms in total. The molecule has 0 saturated heterocycles. The molecule has 0 fully saturated rings. The van der Waals surface area contributed by atoms with Crippen molar-refractivity contribution in [3.05, 3.63) is 33.8 Å². The standard InChI is InChI=1S/C10H6BrN/c1-2-3-8-4-5-10(11)9(6-8)7-12/h1,4-6H,3H2. The average molecular weight is 220 g/mol. The third-order valence-electron chi connectivity index (χ3n) is 1.46. The van der Waals surface area contributed by atoms with E-state index in [2.05, 4.69) is 27.9 Å². The Morgan fingerprint density at radius 3 is 2.83 bits per heavy atom. The van der Waals surface area contributed by atoms with Crippen LogP contribution in [0.2, 0.25) is 0 Å². The van der Waals surface area contributed by atoms with Gasteiger partial charge >= 0.3 is 0 Å². The third kappa shape index (κ3) is 1.87. The van der Waals surface area contributed by atoms with Gasteiger partial charge in [0.2, 0.25) is 0 Å². The maximum absolute atomic E-state index is 8.68. The molecule has 58 valence electrons. The van der Waals surface area contributed by atoms with E-state index in [1.54, 1.807) is 6.07 Å². The van der Waals surface area contributed by atoms with Gasteiger partial charge in [-0.25, -0.2) is 0 Å². The first kappa shape index (κ1) is 8.84. The maximum atomic E-state index is 8.68. The minimum atomic E-state index is 0.571. The van der Waals surface area contributed by atoms with Crippen molar-refractivity contribution in [2.45, 2.75) is 6.42 Å². The van der Waals surface area contributed by atoms with Crippen molar-refractivity contribution >= 4 is 15.9 Å². The van der Waals surface area contributed by atoms with Crippen LogP contribution in [0.4, 0.5) is 0 Å². The number of hydrogen-bond acceptors (Lipinski definition) is 1. The fraction of sp³-hybridized carbons (Fsp3) is 0.100. The second-order valence-electron chi connectivity index (χ2n) is 2.31. The molecule has 0 amide bonds. The molecule has 0 bridgehead atoms. The molecule has 1 rings (SSSR count). The summed E-state index contributed by atoms with van der Waals surface area (Å²) in [7, 11) is 0. The molecule has 2 heteroatoms. The molecule has 1 aromatic carbocycles. The number of nitrogens with zero attached hydrogens (tertiary/aromatic N) is 1. The molecule has 0 aliphatic rings. The van der Waals surface area contributed by atoms with E-state index < -0.39 is 0 Å². The van der Waals surface area contributed by atoms with Gasteiger partial charge in [0.1, 0.15) is 6.07 Å². The predicted molar refractivity (Wildman–Crippen MR) is 51.4 cm³/mol. The Morgan fingerprint density at radius 1 is 1.50 bits per heavy atom. The summed E-state index contributed by atoms with van der Waals surface area (Å²) in [6.45, 7) is 0. The van der Waals surface area contributed by atoms with E-state index in [0.717, 1.165) is 10.0 Å². The average Bonchev–Trinajstić information content (AvgIpc) is 2.09. The predicted octanol–water partition coefficient (Wildman–Crippen LogP) is 2.50.